The highest BCUT2D eigenvalue weighted by Gasteiger charge is 2.35. The van der Waals surface area contributed by atoms with Gasteiger partial charge in [-0.3, -0.25) is 24.1 Å². The molecule has 2 aromatic carbocycles. The number of rotatable bonds is 7. The van der Waals surface area contributed by atoms with Crippen LogP contribution in [-0.4, -0.2) is 55.3 Å². The molecular formula is C26H23N3O6. The lowest BCUT2D eigenvalue weighted by atomic mass is 10.0. The van der Waals surface area contributed by atoms with Gasteiger partial charge in [0.15, 0.2) is 0 Å². The van der Waals surface area contributed by atoms with Crippen LogP contribution in [0.2, 0.25) is 0 Å². The van der Waals surface area contributed by atoms with Gasteiger partial charge in [0, 0.05) is 43.7 Å². The Labute approximate surface area is 201 Å². The predicted molar refractivity (Wildman–Crippen MR) is 127 cm³/mol. The van der Waals surface area contributed by atoms with E-state index in [1.807, 2.05) is 6.07 Å². The Hall–Kier alpha value is -4.24. The summed E-state index contributed by atoms with van der Waals surface area (Å²) in [7, 11) is 1.56. The van der Waals surface area contributed by atoms with E-state index < -0.39 is 11.8 Å². The van der Waals surface area contributed by atoms with Gasteiger partial charge in [-0.25, -0.2) is 0 Å². The minimum Gasteiger partial charge on any atom is -0.472 e. The summed E-state index contributed by atoms with van der Waals surface area (Å²) in [5.41, 5.74) is 3.60. The number of hydrogen-bond acceptors (Lipinski definition) is 6. The van der Waals surface area contributed by atoms with Crippen molar-refractivity contribution in [3.05, 3.63) is 82.8 Å². The number of hydrogen-bond donors (Lipinski definition) is 1. The fourth-order valence-corrected chi connectivity index (χ4v) is 4.44. The van der Waals surface area contributed by atoms with Gasteiger partial charge in [-0.1, -0.05) is 0 Å². The summed E-state index contributed by atoms with van der Waals surface area (Å²) >= 11 is 0. The van der Waals surface area contributed by atoms with Crippen molar-refractivity contribution in [2.24, 2.45) is 0 Å². The van der Waals surface area contributed by atoms with Gasteiger partial charge in [0.2, 0.25) is 0 Å². The molecule has 2 aliphatic heterocycles. The number of methoxy groups -OCH3 is 1. The zero-order valence-electron chi connectivity index (χ0n) is 19.1. The molecule has 0 saturated heterocycles. The molecule has 5 rings (SSSR count). The Kier molecular flexibility index (Phi) is 5.92. The number of anilines is 2. The van der Waals surface area contributed by atoms with E-state index in [1.54, 1.807) is 30.2 Å². The third-order valence-corrected chi connectivity index (χ3v) is 6.21. The lowest BCUT2D eigenvalue weighted by Gasteiger charge is -2.16. The van der Waals surface area contributed by atoms with Crippen molar-refractivity contribution in [1.29, 1.82) is 0 Å². The highest BCUT2D eigenvalue weighted by Crippen LogP contribution is 2.32. The summed E-state index contributed by atoms with van der Waals surface area (Å²) in [5.74, 6) is -1.30. The largest absolute Gasteiger partial charge is 0.472 e. The topological polar surface area (TPSA) is 109 Å². The smallest absolute Gasteiger partial charge is 0.261 e. The van der Waals surface area contributed by atoms with Gasteiger partial charge in [0.1, 0.15) is 6.26 Å². The van der Waals surface area contributed by atoms with Crippen LogP contribution in [0.15, 0.2) is 59.4 Å². The van der Waals surface area contributed by atoms with Crippen LogP contribution in [0.3, 0.4) is 0 Å². The molecule has 3 aromatic rings. The zero-order valence-corrected chi connectivity index (χ0v) is 19.1. The molecule has 0 spiro atoms. The normalized spacial score (nSPS) is 14.3. The summed E-state index contributed by atoms with van der Waals surface area (Å²) in [6.07, 6.45) is 4.09. The fraction of sp³-hybridized carbons (Fsp3) is 0.231. The standard InChI is InChI=1S/C26H23N3O6/c1-34-11-2-9-29-25(32)20-5-3-17(14-21(20)26(29)33)23(30)27-19-4-6-22-16(13-19)7-10-28(22)24(31)18-8-12-35-15-18/h3-6,8,12-15H,2,7,9-11H2,1H3,(H,27,30). The van der Waals surface area contributed by atoms with E-state index in [0.29, 0.717) is 42.8 Å². The molecule has 0 bridgehead atoms. The van der Waals surface area contributed by atoms with Crippen molar-refractivity contribution in [2.45, 2.75) is 12.8 Å². The first-order chi connectivity index (χ1) is 17.0. The molecule has 3 heterocycles. The molecular weight excluding hydrogens is 450 g/mol. The van der Waals surface area contributed by atoms with Crippen molar-refractivity contribution in [1.82, 2.24) is 4.90 Å². The lowest BCUT2D eigenvalue weighted by Crippen LogP contribution is -2.31. The summed E-state index contributed by atoms with van der Waals surface area (Å²) in [5, 5.41) is 2.85. The average Bonchev–Trinajstić information content (AvgIpc) is 3.59. The average molecular weight is 473 g/mol. The van der Waals surface area contributed by atoms with E-state index >= 15 is 0 Å². The highest BCUT2D eigenvalue weighted by atomic mass is 16.5. The Morgan fingerprint density at radius 1 is 1.03 bits per heavy atom. The fourth-order valence-electron chi connectivity index (χ4n) is 4.44. The van der Waals surface area contributed by atoms with Crippen LogP contribution in [0, 0.1) is 0 Å². The second-order valence-electron chi connectivity index (χ2n) is 8.39. The second-order valence-corrected chi connectivity index (χ2v) is 8.39. The molecule has 178 valence electrons. The second kappa shape index (κ2) is 9.19. The van der Waals surface area contributed by atoms with E-state index in [0.717, 1.165) is 11.3 Å². The Morgan fingerprint density at radius 2 is 1.86 bits per heavy atom. The van der Waals surface area contributed by atoms with Gasteiger partial charge < -0.3 is 19.4 Å². The maximum absolute atomic E-state index is 12.9. The Bertz CT molecular complexity index is 1330. The molecule has 9 nitrogen and oxygen atoms in total. The number of carbonyl (C=O) groups is 4. The van der Waals surface area contributed by atoms with Crippen molar-refractivity contribution in [3.63, 3.8) is 0 Å². The molecule has 0 unspecified atom stereocenters. The lowest BCUT2D eigenvalue weighted by molar-refractivity contribution is 0.0638. The molecule has 0 saturated carbocycles. The predicted octanol–water partition coefficient (Wildman–Crippen LogP) is 3.37. The molecule has 1 aromatic heterocycles. The molecule has 9 heteroatoms. The monoisotopic (exact) mass is 473 g/mol. The SMILES string of the molecule is COCCCN1C(=O)c2ccc(C(=O)Nc3ccc4c(c3)CCN4C(=O)c3ccoc3)cc2C1=O. The maximum Gasteiger partial charge on any atom is 0.261 e. The van der Waals surface area contributed by atoms with E-state index in [4.69, 9.17) is 9.15 Å². The minimum atomic E-state index is -0.407. The van der Waals surface area contributed by atoms with Crippen LogP contribution in [0.25, 0.3) is 0 Å². The van der Waals surface area contributed by atoms with Gasteiger partial charge in [-0.2, -0.15) is 0 Å². The van der Waals surface area contributed by atoms with Crippen molar-refractivity contribution >= 4 is 35.0 Å². The van der Waals surface area contributed by atoms with Crippen LogP contribution in [0.4, 0.5) is 11.4 Å². The first-order valence-electron chi connectivity index (χ1n) is 11.3. The van der Waals surface area contributed by atoms with Crippen LogP contribution >= 0.6 is 0 Å². The first-order valence-corrected chi connectivity index (χ1v) is 11.3. The third kappa shape index (κ3) is 4.10. The number of benzene rings is 2. The number of imide groups is 1. The molecule has 0 atom stereocenters. The molecule has 4 amide bonds. The third-order valence-electron chi connectivity index (χ3n) is 6.21. The van der Waals surface area contributed by atoms with Crippen molar-refractivity contribution < 1.29 is 28.3 Å². The number of fused-ring (bicyclic) bond motifs is 2. The van der Waals surface area contributed by atoms with Crippen LogP contribution in [0.5, 0.6) is 0 Å². The molecule has 0 aliphatic carbocycles. The highest BCUT2D eigenvalue weighted by molar-refractivity contribution is 6.22. The first kappa shape index (κ1) is 22.5. The summed E-state index contributed by atoms with van der Waals surface area (Å²) in [6, 6.07) is 11.5. The summed E-state index contributed by atoms with van der Waals surface area (Å²) in [4.78, 5) is 53.8. The van der Waals surface area contributed by atoms with Gasteiger partial charge in [0.25, 0.3) is 23.6 Å². The molecule has 2 aliphatic rings. The molecule has 0 fully saturated rings. The number of nitrogens with zero attached hydrogens (tertiary/aromatic N) is 2. The summed E-state index contributed by atoms with van der Waals surface area (Å²) in [6.45, 7) is 1.24. The molecule has 35 heavy (non-hydrogen) atoms. The van der Waals surface area contributed by atoms with Crippen LogP contribution in [0.1, 0.15) is 53.4 Å². The number of nitrogens with one attached hydrogen (secondary N) is 1. The maximum atomic E-state index is 12.9. The number of furan rings is 1. The number of ether oxygens (including phenoxy) is 1. The number of amides is 4. The van der Waals surface area contributed by atoms with E-state index in [9.17, 15) is 19.2 Å². The van der Waals surface area contributed by atoms with E-state index in [1.165, 1.54) is 35.6 Å². The molecule has 0 radical (unpaired) electrons. The molecule has 1 N–H and O–H groups in total. The Morgan fingerprint density at radius 3 is 2.63 bits per heavy atom. The van der Waals surface area contributed by atoms with Gasteiger partial charge in [-0.05, 0) is 60.9 Å². The van der Waals surface area contributed by atoms with E-state index in [2.05, 4.69) is 5.32 Å². The zero-order chi connectivity index (χ0) is 24.5. The summed E-state index contributed by atoms with van der Waals surface area (Å²) < 4.78 is 10.0. The Balaban J connectivity index is 1.30. The van der Waals surface area contributed by atoms with Gasteiger partial charge in [-0.15, -0.1) is 0 Å². The van der Waals surface area contributed by atoms with Gasteiger partial charge >= 0.3 is 0 Å². The van der Waals surface area contributed by atoms with Crippen molar-refractivity contribution in [3.8, 4) is 0 Å². The quantitative estimate of drug-likeness (QED) is 0.416. The van der Waals surface area contributed by atoms with Gasteiger partial charge in [0.05, 0.1) is 23.0 Å². The van der Waals surface area contributed by atoms with Crippen molar-refractivity contribution in [2.75, 3.05) is 37.0 Å². The van der Waals surface area contributed by atoms with Crippen LogP contribution in [-0.2, 0) is 11.2 Å². The minimum absolute atomic E-state index is 0.136. The van der Waals surface area contributed by atoms with Crippen LogP contribution < -0.4 is 10.2 Å². The van der Waals surface area contributed by atoms with E-state index in [-0.39, 0.29) is 29.5 Å². The number of carbonyl (C=O) groups excluding carboxylic acids is 4.